The van der Waals surface area contributed by atoms with Crippen molar-refractivity contribution in [1.29, 1.82) is 0 Å². The summed E-state index contributed by atoms with van der Waals surface area (Å²) in [5.74, 6) is -2.38. The van der Waals surface area contributed by atoms with Gasteiger partial charge >= 0.3 is 15.2 Å². The van der Waals surface area contributed by atoms with E-state index in [0.29, 0.717) is 0 Å². The zero-order valence-corrected chi connectivity index (χ0v) is 37.2. The third kappa shape index (κ3) is 12.2. The first-order valence-corrected chi connectivity index (χ1v) is 24.9. The van der Waals surface area contributed by atoms with Crippen LogP contribution < -0.4 is 15.9 Å². The summed E-state index contributed by atoms with van der Waals surface area (Å²) in [4.78, 5) is 30.8. The maximum absolute atomic E-state index is 12.6. The molecule has 2 fully saturated rings. The first kappa shape index (κ1) is 50.5. The fraction of sp³-hybridized carbons (Fsp3) is 0.750. The zero-order valence-electron chi connectivity index (χ0n) is 34.4. The first-order valence-electron chi connectivity index (χ1n) is 18.5. The number of nitrogens with zero attached hydrogens (tertiary/aromatic N) is 4. The van der Waals surface area contributed by atoms with Gasteiger partial charge in [-0.15, -0.1) is 0 Å². The lowest BCUT2D eigenvalue weighted by Gasteiger charge is -2.37. The molecule has 24 nitrogen and oxygen atoms in total. The van der Waals surface area contributed by atoms with Gasteiger partial charge in [0.25, 0.3) is 20.1 Å². The number of carbonyl (C=O) groups is 2. The van der Waals surface area contributed by atoms with Crippen LogP contribution in [0.15, 0.2) is 12.7 Å². The van der Waals surface area contributed by atoms with Gasteiger partial charge in [-0.25, -0.2) is 9.97 Å². The Bertz CT molecular complexity index is 1790. The number of rotatable bonds is 20. The normalized spacial score (nSPS) is 25.2. The molecule has 8 atom stereocenters. The average molecular weight is 905 g/mol. The summed E-state index contributed by atoms with van der Waals surface area (Å²) in [6.45, 7) is 17.1. The van der Waals surface area contributed by atoms with Gasteiger partial charge in [0.15, 0.2) is 49.1 Å². The number of hydrogen-bond donors (Lipinski definition) is 7. The van der Waals surface area contributed by atoms with Crippen LogP contribution in [0.2, 0.25) is 18.1 Å². The molecule has 2 aliphatic rings. The van der Waals surface area contributed by atoms with Crippen molar-refractivity contribution in [2.75, 3.05) is 39.1 Å². The number of ether oxygens (including phenoxy) is 4. The molecule has 2 aliphatic heterocycles. The summed E-state index contributed by atoms with van der Waals surface area (Å²) >= 11 is 0. The van der Waals surface area contributed by atoms with Gasteiger partial charge < -0.3 is 78.5 Å². The molecule has 0 saturated carbocycles. The van der Waals surface area contributed by atoms with Gasteiger partial charge in [-0.05, 0) is 45.8 Å². The Morgan fingerprint density at radius 2 is 1.10 bits per heavy atom. The number of aromatic hydroxyl groups is 1. The summed E-state index contributed by atoms with van der Waals surface area (Å²) < 4.78 is 75.7. The van der Waals surface area contributed by atoms with Crippen LogP contribution in [0.1, 0.15) is 81.9 Å². The minimum atomic E-state index is -3.57. The molecule has 4 rings (SSSR count). The van der Waals surface area contributed by atoms with Crippen molar-refractivity contribution in [2.45, 2.75) is 116 Å². The average Bonchev–Trinajstić information content (AvgIpc) is 3.87. The van der Waals surface area contributed by atoms with Gasteiger partial charge in [0.05, 0.1) is 26.4 Å². The van der Waals surface area contributed by atoms with Crippen molar-refractivity contribution >= 4 is 35.3 Å². The highest BCUT2D eigenvalue weighted by molar-refractivity contribution is 7.53. The molecule has 0 spiro atoms. The Hall–Kier alpha value is -2.84. The molecule has 0 aromatic carbocycles. The molecule has 27 heteroatoms. The molecule has 0 radical (unpaired) electrons. The van der Waals surface area contributed by atoms with Gasteiger partial charge in [0, 0.05) is 0 Å². The molecule has 9 N–H and O–H groups in total. The van der Waals surface area contributed by atoms with E-state index >= 15 is 0 Å². The topological polar surface area (TPSA) is 340 Å². The number of carbonyl (C=O) groups excluding carboxylic acids is 2. The zero-order chi connectivity index (χ0) is 44.7. The van der Waals surface area contributed by atoms with Crippen LogP contribution in [0.5, 0.6) is 11.8 Å². The summed E-state index contributed by atoms with van der Waals surface area (Å²) in [5, 5.41) is 51.1. The number of primary amides is 2. The number of hydrogen-bond acceptors (Lipinski definition) is 20. The Morgan fingerprint density at radius 3 is 1.46 bits per heavy atom. The largest absolute Gasteiger partial charge is 0.530 e. The van der Waals surface area contributed by atoms with E-state index in [2.05, 4.69) is 9.97 Å². The number of aromatic nitrogens is 4. The smallest absolute Gasteiger partial charge is 0.356 e. The molecule has 4 heterocycles. The number of nitrogens with two attached hydrogens (primary N) is 2. The monoisotopic (exact) mass is 904 g/mol. The van der Waals surface area contributed by atoms with Crippen molar-refractivity contribution in [3.8, 4) is 11.8 Å². The van der Waals surface area contributed by atoms with Gasteiger partial charge in [-0.2, -0.15) is 0 Å². The standard InChI is InChI=1S/C19H36N3O9PSi.C13H22N3O9P/c1-8-28-32(26,29-9-2)11-27-18-14(24)13(23)17(30-18)22-10-21-12(15(20)25)16(22)31-33(6,7)19(3,4)5;1-3-23-26(21,24-4-2)6-22-13-9(18)8(17)12(25-13)16-5-15-7(10(14)19)11(16)20/h10,13-14,17-18,23-24H,8-9,11H2,1-7H3,(H2,20,25);5,8-9,12-13,17-18,20H,3-4,6H2,1-2H3,(H2,14,19)/t13-,14+,17-,18+;8-,9+,12-,13+/m11/s1. The maximum atomic E-state index is 12.6. The van der Waals surface area contributed by atoms with E-state index in [1.54, 1.807) is 27.7 Å². The van der Waals surface area contributed by atoms with E-state index in [0.717, 1.165) is 10.9 Å². The number of imidazole rings is 2. The Kier molecular flexibility index (Phi) is 17.8. The molecular weight excluding hydrogens is 846 g/mol. The van der Waals surface area contributed by atoms with Crippen molar-refractivity contribution in [2.24, 2.45) is 11.5 Å². The molecule has 0 bridgehead atoms. The van der Waals surface area contributed by atoms with Crippen LogP contribution in [-0.2, 0) is 46.2 Å². The molecule has 2 aromatic rings. The maximum Gasteiger partial charge on any atom is 0.356 e. The molecule has 0 aliphatic carbocycles. The van der Waals surface area contributed by atoms with Crippen LogP contribution in [-0.4, -0.2) is 141 Å². The Labute approximate surface area is 342 Å². The van der Waals surface area contributed by atoms with Crippen LogP contribution in [0.25, 0.3) is 0 Å². The van der Waals surface area contributed by atoms with Gasteiger partial charge in [-0.3, -0.25) is 27.9 Å². The highest BCUT2D eigenvalue weighted by Gasteiger charge is 2.49. The second kappa shape index (κ2) is 20.8. The summed E-state index contributed by atoms with van der Waals surface area (Å²) in [7, 11) is -9.58. The van der Waals surface area contributed by atoms with Gasteiger partial charge in [-0.1, -0.05) is 20.8 Å². The highest BCUT2D eigenvalue weighted by atomic mass is 31.2. The molecule has 59 heavy (non-hydrogen) atoms. The first-order chi connectivity index (χ1) is 27.4. The predicted octanol–water partition coefficient (Wildman–Crippen LogP) is 1.69. The quantitative estimate of drug-likeness (QED) is 0.0734. The lowest BCUT2D eigenvalue weighted by Crippen LogP contribution is -2.45. The molecule has 338 valence electrons. The molecule has 2 saturated heterocycles. The van der Waals surface area contributed by atoms with Crippen LogP contribution in [0.3, 0.4) is 0 Å². The third-order valence-electron chi connectivity index (χ3n) is 9.18. The highest BCUT2D eigenvalue weighted by Crippen LogP contribution is 2.50. The Morgan fingerprint density at radius 1 is 0.729 bits per heavy atom. The van der Waals surface area contributed by atoms with Crippen molar-refractivity contribution in [3.63, 3.8) is 0 Å². The minimum Gasteiger partial charge on any atom is -0.530 e. The van der Waals surface area contributed by atoms with Crippen LogP contribution >= 0.6 is 15.2 Å². The molecule has 2 aromatic heterocycles. The van der Waals surface area contributed by atoms with Gasteiger partial charge in [0.1, 0.15) is 37.1 Å². The fourth-order valence-corrected chi connectivity index (χ4v) is 8.91. The van der Waals surface area contributed by atoms with Crippen LogP contribution in [0, 0.1) is 0 Å². The van der Waals surface area contributed by atoms with Crippen LogP contribution in [0.4, 0.5) is 0 Å². The minimum absolute atomic E-state index is 0.0419. The number of amides is 2. The fourth-order valence-electron chi connectivity index (χ4n) is 5.24. The second-order valence-electron chi connectivity index (χ2n) is 14.5. The number of aliphatic hydroxyl groups is 4. The molecular formula is C32H58N6O18P2Si. The van der Waals surface area contributed by atoms with E-state index in [1.807, 2.05) is 33.9 Å². The number of aliphatic hydroxyl groups excluding tert-OH is 4. The van der Waals surface area contributed by atoms with Crippen molar-refractivity contribution in [1.82, 2.24) is 19.1 Å². The molecule has 0 unspecified atom stereocenters. The summed E-state index contributed by atoms with van der Waals surface area (Å²) in [5.41, 5.74) is 10.00. The molecule has 2 amide bonds. The predicted molar refractivity (Wildman–Crippen MR) is 206 cm³/mol. The summed E-state index contributed by atoms with van der Waals surface area (Å²) in [6.07, 6.45) is -10.0. The van der Waals surface area contributed by atoms with E-state index in [1.165, 1.54) is 10.9 Å². The summed E-state index contributed by atoms with van der Waals surface area (Å²) in [6, 6.07) is 0. The third-order valence-corrected chi connectivity index (χ3v) is 17.0. The Balaban J connectivity index is 0.000000324. The van der Waals surface area contributed by atoms with E-state index < -0.39 is 109 Å². The SMILES string of the molecule is CCOP(=O)(CO[C@H]1O[C@@H](n2cnc(C(N)=O)c2O)[C@H](O)[C@@H]1O)OCC.CCOP(=O)(CO[C@H]1O[C@@H](n2cnc(C(N)=O)c2O[Si](C)(C)C(C)(C)C)[C@H](O)[C@@H]1O)OCC. The van der Waals surface area contributed by atoms with E-state index in [-0.39, 0.29) is 43.0 Å². The van der Waals surface area contributed by atoms with E-state index in [9.17, 15) is 44.3 Å². The van der Waals surface area contributed by atoms with E-state index in [4.69, 9.17) is 52.9 Å². The lowest BCUT2D eigenvalue weighted by molar-refractivity contribution is -0.169. The lowest BCUT2D eigenvalue weighted by atomic mass is 10.2. The van der Waals surface area contributed by atoms with Crippen molar-refractivity contribution in [3.05, 3.63) is 24.0 Å². The van der Waals surface area contributed by atoms with Crippen molar-refractivity contribution < 1.29 is 85.7 Å². The van der Waals surface area contributed by atoms with Gasteiger partial charge in [0.2, 0.25) is 11.8 Å². The second-order valence-corrected chi connectivity index (χ2v) is 23.2.